The van der Waals surface area contributed by atoms with E-state index in [0.29, 0.717) is 26.6 Å². The van der Waals surface area contributed by atoms with Gasteiger partial charge < -0.3 is 0 Å². The van der Waals surface area contributed by atoms with E-state index < -0.39 is 6.17 Å². The van der Waals surface area contributed by atoms with Crippen molar-refractivity contribution in [2.24, 2.45) is 5.10 Å². The molecule has 4 rings (SSSR count). The number of rotatable bonds is 4. The molecule has 4 nitrogen and oxygen atoms in total. The van der Waals surface area contributed by atoms with Crippen LogP contribution in [0.15, 0.2) is 77.9 Å². The highest BCUT2D eigenvalue weighted by molar-refractivity contribution is 6.45. The van der Waals surface area contributed by atoms with Crippen LogP contribution in [0, 0.1) is 0 Å². The van der Waals surface area contributed by atoms with Gasteiger partial charge in [0, 0.05) is 17.6 Å². The van der Waals surface area contributed by atoms with Crippen LogP contribution in [0.3, 0.4) is 0 Å². The number of carbonyl (C=O) groups excluding carboxylic acids is 1. The summed E-state index contributed by atoms with van der Waals surface area (Å²) in [6.45, 7) is 1.50. The average Bonchev–Trinajstić information content (AvgIpc) is 3.12. The van der Waals surface area contributed by atoms with Gasteiger partial charge in [0.05, 0.1) is 15.7 Å². The number of hydrazone groups is 1. The Morgan fingerprint density at radius 3 is 2.17 bits per heavy atom. The summed E-state index contributed by atoms with van der Waals surface area (Å²) in [5.41, 5.74) is 2.49. The number of benzene rings is 3. The molecule has 1 atom stereocenters. The van der Waals surface area contributed by atoms with Crippen molar-refractivity contribution < 1.29 is 4.79 Å². The number of Topliss-reactive ketones (excluding diaryl/α,β-unsaturated/α-hetero) is 1. The Hall–Kier alpha value is -2.53. The first-order valence-corrected chi connectivity index (χ1v) is 10.0. The molecule has 29 heavy (non-hydrogen) atoms. The fraction of sp³-hybridized carbons (Fsp3) is 0.0909. The lowest BCUT2D eigenvalue weighted by atomic mass is 10.1. The van der Waals surface area contributed by atoms with Crippen LogP contribution in [-0.2, 0) is 4.79 Å². The fourth-order valence-electron chi connectivity index (χ4n) is 3.27. The molecule has 0 saturated carbocycles. The zero-order valence-corrected chi connectivity index (χ0v) is 17.7. The Morgan fingerprint density at radius 1 is 0.862 bits per heavy atom. The van der Waals surface area contributed by atoms with Crippen molar-refractivity contribution in [3.63, 3.8) is 0 Å². The summed E-state index contributed by atoms with van der Waals surface area (Å²) in [4.78, 5) is 14.4. The number of amidine groups is 1. The third-order valence-electron chi connectivity index (χ3n) is 4.59. The van der Waals surface area contributed by atoms with E-state index in [9.17, 15) is 4.79 Å². The minimum atomic E-state index is -0.397. The van der Waals surface area contributed by atoms with Gasteiger partial charge in [-0.05, 0) is 48.0 Å². The van der Waals surface area contributed by atoms with Crippen LogP contribution in [-0.4, -0.2) is 11.6 Å². The van der Waals surface area contributed by atoms with Crippen LogP contribution in [0.25, 0.3) is 0 Å². The van der Waals surface area contributed by atoms with Gasteiger partial charge >= 0.3 is 0 Å². The van der Waals surface area contributed by atoms with Gasteiger partial charge in [-0.1, -0.05) is 65.1 Å². The molecular weight excluding hydrogens is 429 g/mol. The van der Waals surface area contributed by atoms with Crippen LogP contribution in [0.5, 0.6) is 0 Å². The SMILES string of the molecule is CC(=O)C1=NN(c2ccccc2)C(c2ccc(Cl)cc2)N1c1ccc(Cl)c(Cl)c1. The summed E-state index contributed by atoms with van der Waals surface area (Å²) < 4.78 is 0. The van der Waals surface area contributed by atoms with E-state index >= 15 is 0 Å². The molecular formula is C22H16Cl3N3O. The zero-order valence-electron chi connectivity index (χ0n) is 15.4. The predicted octanol–water partition coefficient (Wildman–Crippen LogP) is 6.57. The minimum Gasteiger partial charge on any atom is -0.295 e. The van der Waals surface area contributed by atoms with Gasteiger partial charge in [-0.15, -0.1) is 5.10 Å². The molecule has 3 aromatic rings. The molecule has 1 aliphatic rings. The Morgan fingerprint density at radius 2 is 1.55 bits per heavy atom. The molecule has 0 aliphatic carbocycles. The Balaban J connectivity index is 1.91. The number of anilines is 2. The highest BCUT2D eigenvalue weighted by Gasteiger charge is 2.39. The van der Waals surface area contributed by atoms with Gasteiger partial charge in [0.15, 0.2) is 17.8 Å². The van der Waals surface area contributed by atoms with Crippen LogP contribution in [0.2, 0.25) is 15.1 Å². The third-order valence-corrected chi connectivity index (χ3v) is 5.58. The molecule has 0 N–H and O–H groups in total. The van der Waals surface area contributed by atoms with Crippen LogP contribution < -0.4 is 9.91 Å². The number of carbonyl (C=O) groups is 1. The first-order valence-electron chi connectivity index (χ1n) is 8.89. The Kier molecular flexibility index (Phi) is 5.50. The monoisotopic (exact) mass is 443 g/mol. The van der Waals surface area contributed by atoms with E-state index in [1.54, 1.807) is 12.1 Å². The van der Waals surface area contributed by atoms with Crippen molar-refractivity contribution in [3.05, 3.63) is 93.4 Å². The zero-order chi connectivity index (χ0) is 20.5. The molecule has 0 radical (unpaired) electrons. The van der Waals surface area contributed by atoms with Crippen LogP contribution >= 0.6 is 34.8 Å². The maximum Gasteiger partial charge on any atom is 0.198 e. The number of para-hydroxylation sites is 1. The smallest absolute Gasteiger partial charge is 0.198 e. The van der Waals surface area contributed by atoms with E-state index in [0.717, 1.165) is 11.3 Å². The number of halogens is 3. The summed E-state index contributed by atoms with van der Waals surface area (Å²) in [5, 5.41) is 7.96. The molecule has 0 aromatic heterocycles. The molecule has 0 spiro atoms. The van der Waals surface area contributed by atoms with E-state index in [1.807, 2.05) is 70.6 Å². The van der Waals surface area contributed by atoms with Crippen molar-refractivity contribution in [2.45, 2.75) is 13.1 Å². The van der Waals surface area contributed by atoms with Gasteiger partial charge in [-0.25, -0.2) is 5.01 Å². The lowest BCUT2D eigenvalue weighted by molar-refractivity contribution is -0.111. The summed E-state index contributed by atoms with van der Waals surface area (Å²) in [6, 6.07) is 22.4. The summed E-state index contributed by atoms with van der Waals surface area (Å²) in [7, 11) is 0. The third kappa shape index (κ3) is 3.84. The number of hydrogen-bond acceptors (Lipinski definition) is 4. The maximum atomic E-state index is 12.5. The van der Waals surface area contributed by atoms with Crippen LogP contribution in [0.4, 0.5) is 11.4 Å². The lowest BCUT2D eigenvalue weighted by Gasteiger charge is -2.32. The Labute approximate surface area is 183 Å². The molecule has 1 aliphatic heterocycles. The van der Waals surface area contributed by atoms with Gasteiger partial charge in [0.2, 0.25) is 0 Å². The standard InChI is InChI=1S/C22H16Cl3N3O/c1-14(29)21-26-28(17-5-3-2-4-6-17)22(15-7-9-16(23)10-8-15)27(21)18-11-12-19(24)20(25)13-18/h2-13,22H,1H3. The molecule has 0 bridgehead atoms. The summed E-state index contributed by atoms with van der Waals surface area (Å²) >= 11 is 18.5. The van der Waals surface area contributed by atoms with E-state index in [4.69, 9.17) is 34.8 Å². The first-order chi connectivity index (χ1) is 14.0. The largest absolute Gasteiger partial charge is 0.295 e. The molecule has 0 amide bonds. The number of ketones is 1. The first kappa shape index (κ1) is 19.8. The van der Waals surface area contributed by atoms with Gasteiger partial charge in [0.25, 0.3) is 0 Å². The molecule has 1 unspecified atom stereocenters. The second-order valence-electron chi connectivity index (χ2n) is 6.55. The molecule has 146 valence electrons. The van der Waals surface area contributed by atoms with E-state index in [-0.39, 0.29) is 5.78 Å². The van der Waals surface area contributed by atoms with Gasteiger partial charge in [-0.2, -0.15) is 0 Å². The average molecular weight is 445 g/mol. The molecule has 7 heteroatoms. The topological polar surface area (TPSA) is 35.9 Å². The maximum absolute atomic E-state index is 12.5. The molecule has 3 aromatic carbocycles. The van der Waals surface area contributed by atoms with Crippen molar-refractivity contribution >= 4 is 57.8 Å². The lowest BCUT2D eigenvalue weighted by Crippen LogP contribution is -2.37. The second kappa shape index (κ2) is 8.07. The van der Waals surface area contributed by atoms with Gasteiger partial charge in [-0.3, -0.25) is 9.69 Å². The normalized spacial score (nSPS) is 16.1. The number of nitrogens with zero attached hydrogens (tertiary/aromatic N) is 3. The summed E-state index contributed by atoms with van der Waals surface area (Å²) in [5.74, 6) is 0.153. The van der Waals surface area contributed by atoms with Crippen LogP contribution in [0.1, 0.15) is 18.7 Å². The van der Waals surface area contributed by atoms with Crippen molar-refractivity contribution in [2.75, 3.05) is 9.91 Å². The molecule has 0 fully saturated rings. The summed E-state index contributed by atoms with van der Waals surface area (Å²) in [6.07, 6.45) is -0.397. The second-order valence-corrected chi connectivity index (χ2v) is 7.80. The number of hydrogen-bond donors (Lipinski definition) is 0. The quantitative estimate of drug-likeness (QED) is 0.456. The molecule has 1 heterocycles. The molecule has 0 saturated heterocycles. The Bertz CT molecular complexity index is 1080. The minimum absolute atomic E-state index is 0.159. The van der Waals surface area contributed by atoms with E-state index in [2.05, 4.69) is 5.10 Å². The highest BCUT2D eigenvalue weighted by atomic mass is 35.5. The van der Waals surface area contributed by atoms with Crippen molar-refractivity contribution in [1.29, 1.82) is 0 Å². The van der Waals surface area contributed by atoms with Crippen molar-refractivity contribution in [1.82, 2.24) is 0 Å². The van der Waals surface area contributed by atoms with Gasteiger partial charge in [0.1, 0.15) is 0 Å². The fourth-order valence-corrected chi connectivity index (χ4v) is 3.69. The van der Waals surface area contributed by atoms with E-state index in [1.165, 1.54) is 6.92 Å². The predicted molar refractivity (Wildman–Crippen MR) is 120 cm³/mol. The van der Waals surface area contributed by atoms with Crippen molar-refractivity contribution in [3.8, 4) is 0 Å². The highest BCUT2D eigenvalue weighted by Crippen LogP contribution is 2.40.